The quantitative estimate of drug-likeness (QED) is 0.861. The van der Waals surface area contributed by atoms with Gasteiger partial charge in [0.2, 0.25) is 0 Å². The molecule has 0 aliphatic carbocycles. The topological polar surface area (TPSA) is 15.3 Å². The van der Waals surface area contributed by atoms with Crippen molar-refractivity contribution in [1.82, 2.24) is 5.32 Å². The van der Waals surface area contributed by atoms with E-state index in [-0.39, 0.29) is 0 Å². The van der Waals surface area contributed by atoms with E-state index in [1.165, 1.54) is 6.42 Å². The van der Waals surface area contributed by atoms with Gasteiger partial charge in [0.1, 0.15) is 0 Å². The van der Waals surface area contributed by atoms with Crippen molar-refractivity contribution < 1.29 is 0 Å². The minimum atomic E-state index is 0.719. The Morgan fingerprint density at radius 3 is 3.00 bits per heavy atom. The number of nitrogens with one attached hydrogen (secondary N) is 1. The summed E-state index contributed by atoms with van der Waals surface area (Å²) in [5.41, 5.74) is 1.16. The Bertz CT molecular complexity index is 423. The highest BCUT2D eigenvalue weighted by Gasteiger charge is 2.23. The highest BCUT2D eigenvalue weighted by Crippen LogP contribution is 2.32. The highest BCUT2D eigenvalue weighted by atomic mass is 79.9. The van der Waals surface area contributed by atoms with Gasteiger partial charge in [0.15, 0.2) is 0 Å². The minimum absolute atomic E-state index is 0.719. The van der Waals surface area contributed by atoms with Crippen LogP contribution in [0.4, 0.5) is 5.69 Å². The Morgan fingerprint density at radius 1 is 1.47 bits per heavy atom. The van der Waals surface area contributed by atoms with E-state index < -0.39 is 0 Å². The highest BCUT2D eigenvalue weighted by molar-refractivity contribution is 9.10. The second kappa shape index (κ2) is 6.96. The first-order chi connectivity index (χ1) is 9.06. The van der Waals surface area contributed by atoms with Crippen LogP contribution in [0.2, 0.25) is 5.02 Å². The first kappa shape index (κ1) is 15.1. The Morgan fingerprint density at radius 2 is 2.26 bits per heavy atom. The molecule has 1 aromatic rings. The van der Waals surface area contributed by atoms with E-state index in [4.69, 9.17) is 11.6 Å². The van der Waals surface area contributed by atoms with Crippen molar-refractivity contribution in [3.05, 3.63) is 27.7 Å². The SMILES string of the molecule is CC(C)CNCC1CCN(c2cc(Br)ccc2Cl)C1. The predicted octanol–water partition coefficient (Wildman–Crippen LogP) is 4.17. The number of hydrogen-bond acceptors (Lipinski definition) is 2. The van der Waals surface area contributed by atoms with Gasteiger partial charge in [0.05, 0.1) is 10.7 Å². The standard InChI is InChI=1S/C15H22BrClN2/c1-11(2)8-18-9-12-5-6-19(10-12)15-7-13(16)3-4-14(15)17/h3-4,7,11-12,18H,5-6,8-10H2,1-2H3. The molecule has 0 spiro atoms. The third kappa shape index (κ3) is 4.37. The second-order valence-electron chi connectivity index (χ2n) is 5.75. The smallest absolute Gasteiger partial charge is 0.0640 e. The summed E-state index contributed by atoms with van der Waals surface area (Å²) in [6, 6.07) is 6.07. The van der Waals surface area contributed by atoms with Crippen molar-refractivity contribution in [2.24, 2.45) is 11.8 Å². The Balaban J connectivity index is 1.89. The molecule has 0 amide bonds. The molecule has 106 valence electrons. The van der Waals surface area contributed by atoms with Crippen molar-refractivity contribution >= 4 is 33.2 Å². The van der Waals surface area contributed by atoms with E-state index in [2.05, 4.69) is 46.1 Å². The van der Waals surface area contributed by atoms with Crippen LogP contribution in [-0.2, 0) is 0 Å². The zero-order valence-electron chi connectivity index (χ0n) is 11.6. The molecule has 0 saturated carbocycles. The predicted molar refractivity (Wildman–Crippen MR) is 87.2 cm³/mol. The normalized spacial score (nSPS) is 19.4. The second-order valence-corrected chi connectivity index (χ2v) is 7.07. The fraction of sp³-hybridized carbons (Fsp3) is 0.600. The first-order valence-corrected chi connectivity index (χ1v) is 8.14. The van der Waals surface area contributed by atoms with Gasteiger partial charge in [-0.3, -0.25) is 0 Å². The van der Waals surface area contributed by atoms with Crippen molar-refractivity contribution in [3.63, 3.8) is 0 Å². The number of benzene rings is 1. The van der Waals surface area contributed by atoms with Crippen LogP contribution in [0.5, 0.6) is 0 Å². The van der Waals surface area contributed by atoms with Crippen LogP contribution in [0.1, 0.15) is 20.3 Å². The fourth-order valence-electron chi connectivity index (χ4n) is 2.52. The first-order valence-electron chi connectivity index (χ1n) is 6.97. The number of halogens is 2. The summed E-state index contributed by atoms with van der Waals surface area (Å²) in [5.74, 6) is 1.45. The van der Waals surface area contributed by atoms with Gasteiger partial charge in [0.25, 0.3) is 0 Å². The Kier molecular flexibility index (Phi) is 5.55. The molecule has 0 aromatic heterocycles. The summed E-state index contributed by atoms with van der Waals surface area (Å²) >= 11 is 9.81. The van der Waals surface area contributed by atoms with Gasteiger partial charge in [-0.05, 0) is 49.5 Å². The van der Waals surface area contributed by atoms with Gasteiger partial charge >= 0.3 is 0 Å². The lowest BCUT2D eigenvalue weighted by molar-refractivity contribution is 0.477. The molecule has 1 aliphatic rings. The van der Waals surface area contributed by atoms with Crippen molar-refractivity contribution in [1.29, 1.82) is 0 Å². The van der Waals surface area contributed by atoms with Crippen LogP contribution in [0.15, 0.2) is 22.7 Å². The van der Waals surface area contributed by atoms with E-state index in [0.29, 0.717) is 0 Å². The van der Waals surface area contributed by atoms with Crippen LogP contribution in [0, 0.1) is 11.8 Å². The maximum atomic E-state index is 6.29. The van der Waals surface area contributed by atoms with Crippen LogP contribution in [-0.4, -0.2) is 26.2 Å². The molecule has 1 aromatic carbocycles. The Hall–Kier alpha value is -0.250. The molecule has 1 N–H and O–H groups in total. The maximum Gasteiger partial charge on any atom is 0.0640 e. The third-order valence-corrected chi connectivity index (χ3v) is 4.33. The molecular formula is C15H22BrClN2. The van der Waals surface area contributed by atoms with Crippen LogP contribution < -0.4 is 10.2 Å². The molecule has 1 saturated heterocycles. The van der Waals surface area contributed by atoms with E-state index in [1.807, 2.05) is 12.1 Å². The molecule has 0 radical (unpaired) electrons. The van der Waals surface area contributed by atoms with Crippen molar-refractivity contribution in [2.75, 3.05) is 31.1 Å². The molecule has 0 bridgehead atoms. The Labute approximate surface area is 129 Å². The van der Waals surface area contributed by atoms with Gasteiger partial charge in [-0.2, -0.15) is 0 Å². The molecule has 1 unspecified atom stereocenters. The van der Waals surface area contributed by atoms with E-state index in [1.54, 1.807) is 0 Å². The fourth-order valence-corrected chi connectivity index (χ4v) is 3.11. The summed E-state index contributed by atoms with van der Waals surface area (Å²) in [7, 11) is 0. The largest absolute Gasteiger partial charge is 0.370 e. The molecule has 2 nitrogen and oxygen atoms in total. The number of nitrogens with zero attached hydrogens (tertiary/aromatic N) is 1. The monoisotopic (exact) mass is 344 g/mol. The van der Waals surface area contributed by atoms with Crippen molar-refractivity contribution in [3.8, 4) is 0 Å². The molecule has 1 heterocycles. The van der Waals surface area contributed by atoms with E-state index >= 15 is 0 Å². The minimum Gasteiger partial charge on any atom is -0.370 e. The van der Waals surface area contributed by atoms with E-state index in [9.17, 15) is 0 Å². The lowest BCUT2D eigenvalue weighted by atomic mass is 10.1. The molecule has 4 heteroatoms. The van der Waals surface area contributed by atoms with Gasteiger partial charge < -0.3 is 10.2 Å². The van der Waals surface area contributed by atoms with Gasteiger partial charge in [-0.25, -0.2) is 0 Å². The molecule has 1 aliphatic heterocycles. The number of hydrogen-bond donors (Lipinski definition) is 1. The zero-order chi connectivity index (χ0) is 13.8. The third-order valence-electron chi connectivity index (χ3n) is 3.52. The van der Waals surface area contributed by atoms with Crippen molar-refractivity contribution in [2.45, 2.75) is 20.3 Å². The average Bonchev–Trinajstić information content (AvgIpc) is 2.80. The lowest BCUT2D eigenvalue weighted by Crippen LogP contribution is -2.28. The summed E-state index contributed by atoms with van der Waals surface area (Å²) in [6.45, 7) is 8.91. The summed E-state index contributed by atoms with van der Waals surface area (Å²) in [5, 5.41) is 4.40. The van der Waals surface area contributed by atoms with Gasteiger partial charge in [-0.1, -0.05) is 41.4 Å². The molecular weight excluding hydrogens is 324 g/mol. The van der Waals surface area contributed by atoms with Crippen LogP contribution >= 0.6 is 27.5 Å². The van der Waals surface area contributed by atoms with Gasteiger partial charge in [-0.15, -0.1) is 0 Å². The maximum absolute atomic E-state index is 6.29. The van der Waals surface area contributed by atoms with Crippen LogP contribution in [0.25, 0.3) is 0 Å². The summed E-state index contributed by atoms with van der Waals surface area (Å²) in [6.07, 6.45) is 1.24. The lowest BCUT2D eigenvalue weighted by Gasteiger charge is -2.20. The molecule has 2 rings (SSSR count). The zero-order valence-corrected chi connectivity index (χ0v) is 14.0. The molecule has 19 heavy (non-hydrogen) atoms. The summed E-state index contributed by atoms with van der Waals surface area (Å²) < 4.78 is 1.09. The molecule has 1 atom stereocenters. The van der Waals surface area contributed by atoms with Crippen LogP contribution in [0.3, 0.4) is 0 Å². The number of anilines is 1. The summed E-state index contributed by atoms with van der Waals surface area (Å²) in [4.78, 5) is 2.40. The van der Waals surface area contributed by atoms with E-state index in [0.717, 1.165) is 53.2 Å². The molecule has 1 fully saturated rings. The number of rotatable bonds is 5. The van der Waals surface area contributed by atoms with Gasteiger partial charge in [0, 0.05) is 17.6 Å². The average molecular weight is 346 g/mol.